The van der Waals surface area contributed by atoms with Crippen molar-refractivity contribution < 1.29 is 44.9 Å². The molecule has 10 aromatic rings. The summed E-state index contributed by atoms with van der Waals surface area (Å²) >= 11 is 38.5. The summed E-state index contributed by atoms with van der Waals surface area (Å²) in [7, 11) is 3.75. The fourth-order valence-electron chi connectivity index (χ4n) is 8.29. The van der Waals surface area contributed by atoms with E-state index in [9.17, 15) is 65.2 Å². The normalized spacial score (nSPS) is 10.6. The highest BCUT2D eigenvalue weighted by Crippen LogP contribution is 2.38. The Morgan fingerprint density at radius 2 is 1.01 bits per heavy atom. The standard InChI is InChI=1S/C13H14ClN3O3.C13H16ClN3O.C9H5ClN2O3.C9H6N2O4.C9H7NO2.C5H10Cl2N.C5H10ClNS.C4H11NO.ClH/c1-13(2,18)7-15-10-8-5-3-4-6-9(8)16-12(14)11(10)17(19)20;1-13(2,18)7-16-11-8-5-3-4-6-9(8)17-12(14)10(11)15;10-9-7(12(14)15)8(13)5-3-1-2-4-6(5)11-9;12-8-5-3-1-2-4-6(5)10-9(13)7(8)11(14)15;11-8-5-9(12)10-7-4-2-1-3-6(7)8;1-3-4-8(2)5(6)7;1-3-4-7(2)5(6)8;1-4(2,6)3-5;/h3-6,18H,7H2,1-2H3,(H,15,16);3-6,18H,7,15H2,1-2H3,(H,16,17);1-4H,(H,11,13);1-4H,(H2,10,12,13);1-5H,(H2,10,11,12);2*3-4H2,1-2H3;6H,3,5H2,1-2H3;1H/q;;;;;+1;;;. The first-order valence-electron chi connectivity index (χ1n) is 30.5. The Hall–Kier alpha value is -8.82. The van der Waals surface area contributed by atoms with Gasteiger partial charge < -0.3 is 67.5 Å². The topological polar surface area (TPSA) is 437 Å². The van der Waals surface area contributed by atoms with Crippen molar-refractivity contribution in [3.05, 3.63) is 204 Å². The number of H-pyrrole nitrogens is 3. The van der Waals surface area contributed by atoms with Crippen LogP contribution in [0.2, 0.25) is 15.5 Å². The average molecular weight is 1590 g/mol. The fraction of sp³-hybridized carbons (Fsp3) is 0.299. The maximum atomic E-state index is 11.6. The number of hydrogen-bond donors (Lipinski definition) is 12. The summed E-state index contributed by atoms with van der Waals surface area (Å²) in [5.41, 5.74) is 9.12. The minimum absolute atomic E-state index is 0. The van der Waals surface area contributed by atoms with Crippen molar-refractivity contribution in [2.75, 3.05) is 63.2 Å². The van der Waals surface area contributed by atoms with E-state index >= 15 is 0 Å². The van der Waals surface area contributed by atoms with Crippen LogP contribution in [0, 0.1) is 30.3 Å². The highest BCUT2D eigenvalue weighted by Gasteiger charge is 2.26. The van der Waals surface area contributed by atoms with Gasteiger partial charge >= 0.3 is 27.3 Å². The van der Waals surface area contributed by atoms with Crippen LogP contribution in [-0.4, -0.2) is 147 Å². The highest BCUT2D eigenvalue weighted by molar-refractivity contribution is 7.83. The third-order valence-corrected chi connectivity index (χ3v) is 15.3. The molecule has 0 saturated carbocycles. The second-order valence-electron chi connectivity index (χ2n) is 23.7. The van der Waals surface area contributed by atoms with Crippen LogP contribution < -0.4 is 38.6 Å². The van der Waals surface area contributed by atoms with Crippen LogP contribution in [0.15, 0.2) is 142 Å². The zero-order valence-electron chi connectivity index (χ0n) is 57.4. The number of rotatable bonds is 14. The van der Waals surface area contributed by atoms with Crippen molar-refractivity contribution in [2.45, 2.75) is 85.0 Å². The number of nitrogens with zero attached hydrogens (tertiary/aromatic N) is 7. The maximum absolute atomic E-state index is 11.6. The number of nitrogen functional groups attached to an aromatic ring is 1. The van der Waals surface area contributed by atoms with Crippen molar-refractivity contribution >= 4 is 192 Å². The van der Waals surface area contributed by atoms with E-state index in [-0.39, 0.29) is 67.9 Å². The number of anilines is 3. The molecule has 0 aliphatic carbocycles. The van der Waals surface area contributed by atoms with Gasteiger partial charge in [-0.15, -0.1) is 12.4 Å². The third kappa shape index (κ3) is 29.1. The lowest BCUT2D eigenvalue weighted by Crippen LogP contribution is -2.29. The number of benzene rings is 5. The van der Waals surface area contributed by atoms with Gasteiger partial charge in [0.25, 0.3) is 11.0 Å². The predicted octanol–water partition coefficient (Wildman–Crippen LogP) is 14.0. The number of aliphatic hydroxyl groups is 3. The summed E-state index contributed by atoms with van der Waals surface area (Å²) in [5.74, 6) is -0.575. The summed E-state index contributed by atoms with van der Waals surface area (Å²) in [6, 6.07) is 35.6. The number of halogens is 7. The van der Waals surface area contributed by atoms with E-state index in [2.05, 4.69) is 61.6 Å². The number of thiocarbonyl (C=S) groups is 1. The monoisotopic (exact) mass is 1580 g/mol. The van der Waals surface area contributed by atoms with E-state index in [1.807, 2.05) is 43.3 Å². The lowest BCUT2D eigenvalue weighted by atomic mass is 10.1. The Morgan fingerprint density at radius 1 is 0.602 bits per heavy atom. The number of nitrogens with two attached hydrogens (primary N) is 2. The molecule has 5 aromatic heterocycles. The summed E-state index contributed by atoms with van der Waals surface area (Å²) in [4.78, 5) is 81.4. The molecule has 5 heterocycles. The van der Waals surface area contributed by atoms with Gasteiger partial charge in [0, 0.05) is 90.5 Å². The van der Waals surface area contributed by atoms with Gasteiger partial charge in [-0.25, -0.2) is 14.5 Å². The molecular weight excluding hydrogens is 1510 g/mol. The van der Waals surface area contributed by atoms with Crippen LogP contribution in [0.5, 0.6) is 11.5 Å². The van der Waals surface area contributed by atoms with Crippen molar-refractivity contribution in [1.82, 2.24) is 29.8 Å². The van der Waals surface area contributed by atoms with Gasteiger partial charge in [0.15, 0.2) is 14.8 Å². The average Bonchev–Trinajstić information content (AvgIpc) is 0.800. The van der Waals surface area contributed by atoms with Gasteiger partial charge in [-0.05, 0) is 109 Å². The number of aromatic amines is 3. The van der Waals surface area contributed by atoms with Gasteiger partial charge in [0.1, 0.15) is 25.0 Å². The first-order valence-corrected chi connectivity index (χ1v) is 33.2. The van der Waals surface area contributed by atoms with Crippen LogP contribution in [0.3, 0.4) is 0 Å². The van der Waals surface area contributed by atoms with Crippen molar-refractivity contribution in [2.24, 2.45) is 5.73 Å². The lowest BCUT2D eigenvalue weighted by molar-refractivity contribution is -0.492. The van der Waals surface area contributed by atoms with Crippen LogP contribution in [0.25, 0.3) is 54.5 Å². The Labute approximate surface area is 632 Å². The quantitative estimate of drug-likeness (QED) is 0.00703. The Kier molecular flexibility index (Phi) is 36.9. The smallest absolute Gasteiger partial charge is 0.375 e. The lowest BCUT2D eigenvalue weighted by Gasteiger charge is -2.20. The minimum atomic E-state index is -1.01. The molecule has 36 heteroatoms. The predicted molar refractivity (Wildman–Crippen MR) is 422 cm³/mol. The van der Waals surface area contributed by atoms with Crippen molar-refractivity contribution in [1.29, 1.82) is 0 Å². The largest absolute Gasteiger partial charge is 0.507 e. The maximum Gasteiger partial charge on any atom is 0.375 e. The summed E-state index contributed by atoms with van der Waals surface area (Å²) in [6.45, 7) is 16.9. The fourth-order valence-corrected chi connectivity index (χ4v) is 9.33. The molecule has 14 N–H and O–H groups in total. The van der Waals surface area contributed by atoms with E-state index in [1.165, 1.54) is 18.2 Å². The van der Waals surface area contributed by atoms with E-state index < -0.39 is 59.7 Å². The number of pyridine rings is 5. The van der Waals surface area contributed by atoms with E-state index in [0.717, 1.165) is 36.8 Å². The van der Waals surface area contributed by atoms with Crippen molar-refractivity contribution in [3.8, 4) is 11.5 Å². The molecule has 10 rings (SSSR count). The molecule has 28 nitrogen and oxygen atoms in total. The molecule has 0 atom stereocenters. The summed E-state index contributed by atoms with van der Waals surface area (Å²) < 4.78 is 2.59. The van der Waals surface area contributed by atoms with Crippen molar-refractivity contribution in [3.63, 3.8) is 0 Å². The van der Waals surface area contributed by atoms with E-state index in [4.69, 9.17) is 86.2 Å². The molecule has 103 heavy (non-hydrogen) atoms. The Bertz CT molecular complexity index is 4760. The van der Waals surface area contributed by atoms with Crippen LogP contribution in [0.1, 0.15) is 68.2 Å². The molecule has 0 spiro atoms. The molecule has 0 amide bonds. The number of aromatic nitrogens is 5. The van der Waals surface area contributed by atoms with E-state index in [0.29, 0.717) is 66.4 Å². The zero-order valence-corrected chi connectivity index (χ0v) is 63.5. The number of aromatic hydroxyl groups is 2. The molecular formula is C67H80Cl7N14O14S+. The molecule has 5 aromatic carbocycles. The van der Waals surface area contributed by atoms with Gasteiger partial charge in [0.05, 0.1) is 75.9 Å². The number of nitro groups is 3. The van der Waals surface area contributed by atoms with Crippen LogP contribution in [0.4, 0.5) is 34.1 Å². The highest BCUT2D eigenvalue weighted by atomic mass is 35.5. The molecule has 0 fully saturated rings. The van der Waals surface area contributed by atoms with Gasteiger partial charge in [-0.1, -0.05) is 133 Å². The second-order valence-corrected chi connectivity index (χ2v) is 26.7. The third-order valence-electron chi connectivity index (χ3n) is 13.3. The van der Waals surface area contributed by atoms with Gasteiger partial charge in [0.2, 0.25) is 10.9 Å². The first-order chi connectivity index (χ1) is 47.6. The number of nitrogens with one attached hydrogen (secondary N) is 5. The van der Waals surface area contributed by atoms with E-state index in [1.54, 1.807) is 131 Å². The minimum Gasteiger partial charge on any atom is -0.507 e. The summed E-state index contributed by atoms with van der Waals surface area (Å²) in [5, 5.41) is 87.9. The summed E-state index contributed by atoms with van der Waals surface area (Å²) in [6.07, 6.45) is 2.16. The first kappa shape index (κ1) is 90.3. The van der Waals surface area contributed by atoms with Crippen LogP contribution >= 0.6 is 94.2 Å². The molecule has 556 valence electrons. The number of fused-ring (bicyclic) bond motifs is 5. The molecule has 0 bridgehead atoms. The number of para-hydroxylation sites is 5. The Morgan fingerprint density at radius 3 is 1.43 bits per heavy atom. The molecule has 0 aliphatic rings. The van der Waals surface area contributed by atoms with Gasteiger partial charge in [-0.3, -0.25) is 44.7 Å². The molecule has 0 unspecified atom stereocenters. The number of hydrogen-bond acceptors (Lipinski definition) is 21. The molecule has 0 radical (unpaired) electrons. The molecule has 0 saturated heterocycles. The Balaban J connectivity index is 0.000000410. The van der Waals surface area contributed by atoms with Crippen LogP contribution in [-0.2, 0) is 0 Å². The molecule has 0 aliphatic heterocycles. The zero-order chi connectivity index (χ0) is 77.1. The van der Waals surface area contributed by atoms with Gasteiger partial charge in [-0.2, -0.15) is 0 Å². The second kappa shape index (κ2) is 42.1. The SMILES string of the molecule is CC(C)(O)CN.CC(C)(O)CNc1c(N)c(Cl)nc2ccccc12.CC(C)(O)CNc1c([N+](=O)[O-])c(Cl)nc2ccccc12.CCCN(C)C(=S)Cl.CCC[N+](C)=C(Cl)Cl.Cl.O=c1[nH]c2ccccc2c(O)c1[N+](=O)[O-].O=c1c([N+](=O)[O-])c(Cl)[nH]c2ccccc12.O=c1cc(O)c2ccccc2[nH]1.